The maximum absolute atomic E-state index is 12.0. The average Bonchev–Trinajstić information content (AvgIpc) is 2.80. The Hall–Kier alpha value is -2.50. The van der Waals surface area contributed by atoms with E-state index in [2.05, 4.69) is 22.7 Å². The summed E-state index contributed by atoms with van der Waals surface area (Å²) in [5.41, 5.74) is 3.21. The Balaban J connectivity index is 1.71. The summed E-state index contributed by atoms with van der Waals surface area (Å²) in [5, 5.41) is 15.0. The van der Waals surface area contributed by atoms with Crippen LogP contribution in [0.5, 0.6) is 0 Å². The number of amides is 1. The van der Waals surface area contributed by atoms with Crippen molar-refractivity contribution in [3.8, 4) is 0 Å². The molecule has 1 amide bonds. The minimum absolute atomic E-state index is 0.0299. The number of para-hydroxylation sites is 1. The number of rotatable bonds is 3. The number of nitro groups is 1. The smallest absolute Gasteiger partial charge is 0.267 e. The molecule has 20 heavy (non-hydrogen) atoms. The number of carbonyl (C=O) groups excluding carboxylic acids is 1. The van der Waals surface area contributed by atoms with Crippen molar-refractivity contribution in [3.05, 3.63) is 52.1 Å². The quantitative estimate of drug-likeness (QED) is 0.520. The molecule has 1 aromatic rings. The maximum atomic E-state index is 12.0. The van der Waals surface area contributed by atoms with Crippen LogP contribution < -0.4 is 5.43 Å². The molecule has 3 rings (SSSR count). The Morgan fingerprint density at radius 1 is 1.40 bits per heavy atom. The molecule has 0 aliphatic heterocycles. The average molecular weight is 271 g/mol. The molecule has 1 N–H and O–H groups in total. The predicted molar refractivity (Wildman–Crippen MR) is 73.4 cm³/mol. The van der Waals surface area contributed by atoms with Crippen LogP contribution in [0.1, 0.15) is 23.2 Å². The molecule has 0 aromatic heterocycles. The zero-order valence-electron chi connectivity index (χ0n) is 10.7. The number of fused-ring (bicyclic) bond motifs is 1. The van der Waals surface area contributed by atoms with Crippen molar-refractivity contribution in [1.29, 1.82) is 0 Å². The number of allylic oxidation sites excluding steroid dienone is 2. The summed E-state index contributed by atoms with van der Waals surface area (Å²) in [6, 6.07) is 5.85. The van der Waals surface area contributed by atoms with Crippen molar-refractivity contribution in [3.63, 3.8) is 0 Å². The highest BCUT2D eigenvalue weighted by molar-refractivity contribution is 6.00. The zero-order chi connectivity index (χ0) is 14.1. The lowest BCUT2D eigenvalue weighted by Crippen LogP contribution is -2.35. The van der Waals surface area contributed by atoms with Crippen LogP contribution in [-0.4, -0.2) is 16.5 Å². The number of nitrogens with zero attached hydrogens (tertiary/aromatic N) is 2. The fraction of sp³-hybridized carbons (Fsp3) is 0.286. The third kappa shape index (κ3) is 2.09. The minimum Gasteiger partial charge on any atom is -0.267 e. The number of nitrogens with one attached hydrogen (secondary N) is 1. The summed E-state index contributed by atoms with van der Waals surface area (Å²) in [4.78, 5) is 22.3. The van der Waals surface area contributed by atoms with Crippen molar-refractivity contribution >= 4 is 17.3 Å². The monoisotopic (exact) mass is 271 g/mol. The summed E-state index contributed by atoms with van der Waals surface area (Å²) >= 11 is 0. The molecular weight excluding hydrogens is 258 g/mol. The number of benzene rings is 1. The molecule has 0 spiro atoms. The van der Waals surface area contributed by atoms with Gasteiger partial charge in [0.05, 0.1) is 4.92 Å². The van der Waals surface area contributed by atoms with Crippen molar-refractivity contribution in [1.82, 2.24) is 5.43 Å². The lowest BCUT2D eigenvalue weighted by Gasteiger charge is -2.31. The van der Waals surface area contributed by atoms with E-state index in [0.29, 0.717) is 11.8 Å². The molecule has 0 unspecified atom stereocenters. The first-order valence-corrected chi connectivity index (χ1v) is 6.43. The highest BCUT2D eigenvalue weighted by Crippen LogP contribution is 2.40. The normalized spacial score (nSPS) is 25.1. The molecular formula is C14H13N3O3. The van der Waals surface area contributed by atoms with E-state index in [9.17, 15) is 14.9 Å². The lowest BCUT2D eigenvalue weighted by molar-refractivity contribution is -0.385. The summed E-state index contributed by atoms with van der Waals surface area (Å²) in [6.07, 6.45) is 6.12. The molecule has 6 nitrogen and oxygen atoms in total. The van der Waals surface area contributed by atoms with Gasteiger partial charge in [0.15, 0.2) is 0 Å². The van der Waals surface area contributed by atoms with Gasteiger partial charge in [-0.3, -0.25) is 14.9 Å². The van der Waals surface area contributed by atoms with Gasteiger partial charge in [0.1, 0.15) is 5.56 Å². The first kappa shape index (κ1) is 12.5. The van der Waals surface area contributed by atoms with Crippen molar-refractivity contribution in [2.45, 2.75) is 12.8 Å². The third-order valence-electron chi connectivity index (χ3n) is 3.81. The van der Waals surface area contributed by atoms with E-state index in [4.69, 9.17) is 0 Å². The topological polar surface area (TPSA) is 84.6 Å². The SMILES string of the molecule is O=C(N/N=C1\C[C@H]2C=CC[C@@H]12)c1ccccc1[N+](=O)[O-]. The number of hydrogen-bond acceptors (Lipinski definition) is 4. The molecule has 0 heterocycles. The highest BCUT2D eigenvalue weighted by atomic mass is 16.6. The van der Waals surface area contributed by atoms with Crippen LogP contribution in [0.3, 0.4) is 0 Å². The standard InChI is InChI=1S/C14H13N3O3/c18-14(11-5-1-2-7-13(11)17(19)20)16-15-12-8-9-4-3-6-10(9)12/h1-5,7,9-10H,6,8H2,(H,16,18)/b15-12+/t9-,10-/m1/s1. The fourth-order valence-electron chi connectivity index (χ4n) is 2.67. The van der Waals surface area contributed by atoms with Crippen LogP contribution in [0.15, 0.2) is 41.5 Å². The van der Waals surface area contributed by atoms with Crippen LogP contribution in [0.2, 0.25) is 0 Å². The van der Waals surface area contributed by atoms with Crippen LogP contribution in [0, 0.1) is 22.0 Å². The van der Waals surface area contributed by atoms with E-state index >= 15 is 0 Å². The first-order chi connectivity index (χ1) is 9.66. The highest BCUT2D eigenvalue weighted by Gasteiger charge is 2.38. The molecule has 0 saturated heterocycles. The Kier molecular flexibility index (Phi) is 3.06. The third-order valence-corrected chi connectivity index (χ3v) is 3.81. The van der Waals surface area contributed by atoms with Gasteiger partial charge in [-0.1, -0.05) is 24.3 Å². The summed E-state index contributed by atoms with van der Waals surface area (Å²) in [5.74, 6) is 0.414. The number of hydrogen-bond donors (Lipinski definition) is 1. The largest absolute Gasteiger partial charge is 0.282 e. The number of carbonyl (C=O) groups is 1. The van der Waals surface area contributed by atoms with Gasteiger partial charge in [0.25, 0.3) is 11.6 Å². The second kappa shape index (κ2) is 4.88. The Labute approximate surface area is 115 Å². The molecule has 1 aromatic carbocycles. The molecule has 2 atom stereocenters. The van der Waals surface area contributed by atoms with Gasteiger partial charge in [-0.25, -0.2) is 5.43 Å². The van der Waals surface area contributed by atoms with Crippen molar-refractivity contribution < 1.29 is 9.72 Å². The van der Waals surface area contributed by atoms with Crippen LogP contribution >= 0.6 is 0 Å². The lowest BCUT2D eigenvalue weighted by atomic mass is 9.74. The molecule has 1 fully saturated rings. The van der Waals surface area contributed by atoms with Gasteiger partial charge >= 0.3 is 0 Å². The van der Waals surface area contributed by atoms with Gasteiger partial charge in [-0.2, -0.15) is 5.10 Å². The Bertz CT molecular complexity index is 636. The van der Waals surface area contributed by atoms with Gasteiger partial charge in [-0.05, 0) is 24.8 Å². The molecule has 0 radical (unpaired) electrons. The van der Waals surface area contributed by atoms with E-state index in [0.717, 1.165) is 18.6 Å². The summed E-state index contributed by atoms with van der Waals surface area (Å²) in [7, 11) is 0. The molecule has 2 aliphatic carbocycles. The number of hydrazone groups is 1. The van der Waals surface area contributed by atoms with Crippen LogP contribution in [-0.2, 0) is 0 Å². The summed E-state index contributed by atoms with van der Waals surface area (Å²) in [6.45, 7) is 0. The Morgan fingerprint density at radius 2 is 2.20 bits per heavy atom. The van der Waals surface area contributed by atoms with Crippen molar-refractivity contribution in [2.24, 2.45) is 16.9 Å². The maximum Gasteiger partial charge on any atom is 0.282 e. The van der Waals surface area contributed by atoms with Crippen LogP contribution in [0.4, 0.5) is 5.69 Å². The van der Waals surface area contributed by atoms with E-state index in [1.165, 1.54) is 18.2 Å². The molecule has 1 saturated carbocycles. The minimum atomic E-state index is -0.567. The Morgan fingerprint density at radius 3 is 2.95 bits per heavy atom. The second-order valence-electron chi connectivity index (χ2n) is 4.96. The van der Waals surface area contributed by atoms with Gasteiger partial charge in [0, 0.05) is 17.7 Å². The molecule has 0 bridgehead atoms. The van der Waals surface area contributed by atoms with Gasteiger partial charge < -0.3 is 0 Å². The fourth-order valence-corrected chi connectivity index (χ4v) is 2.67. The van der Waals surface area contributed by atoms with E-state index in [1.807, 2.05) is 0 Å². The molecule has 2 aliphatic rings. The number of nitro benzene ring substituents is 1. The van der Waals surface area contributed by atoms with Crippen molar-refractivity contribution in [2.75, 3.05) is 0 Å². The zero-order valence-corrected chi connectivity index (χ0v) is 10.7. The van der Waals surface area contributed by atoms with E-state index in [1.54, 1.807) is 6.07 Å². The van der Waals surface area contributed by atoms with Gasteiger partial charge in [-0.15, -0.1) is 0 Å². The molecule has 102 valence electrons. The predicted octanol–water partition coefficient (Wildman–Crippen LogP) is 2.28. The second-order valence-corrected chi connectivity index (χ2v) is 4.96. The van der Waals surface area contributed by atoms with Crippen LogP contribution in [0.25, 0.3) is 0 Å². The van der Waals surface area contributed by atoms with E-state index < -0.39 is 10.8 Å². The van der Waals surface area contributed by atoms with Gasteiger partial charge in [0.2, 0.25) is 0 Å². The summed E-state index contributed by atoms with van der Waals surface area (Å²) < 4.78 is 0. The molecule has 6 heteroatoms. The van der Waals surface area contributed by atoms with E-state index in [-0.39, 0.29) is 11.3 Å². The first-order valence-electron chi connectivity index (χ1n) is 6.43.